The fourth-order valence-electron chi connectivity index (χ4n) is 4.20. The van der Waals surface area contributed by atoms with Crippen LogP contribution in [-0.4, -0.2) is 44.8 Å². The zero-order valence-electron chi connectivity index (χ0n) is 22.9. The summed E-state index contributed by atoms with van der Waals surface area (Å²) in [5, 5.41) is 3.16. The van der Waals surface area contributed by atoms with Gasteiger partial charge < -0.3 is 15.0 Å². The van der Waals surface area contributed by atoms with Crippen LogP contribution in [0.3, 0.4) is 0 Å². The van der Waals surface area contributed by atoms with Crippen molar-refractivity contribution in [1.82, 2.24) is 10.2 Å². The molecule has 0 aromatic heterocycles. The predicted molar refractivity (Wildman–Crippen MR) is 164 cm³/mol. The topological polar surface area (TPSA) is 96.0 Å². The van der Waals surface area contributed by atoms with E-state index in [0.29, 0.717) is 27.1 Å². The summed E-state index contributed by atoms with van der Waals surface area (Å²) in [7, 11) is -2.75. The average Bonchev–Trinajstić information content (AvgIpc) is 3.00. The van der Waals surface area contributed by atoms with Crippen molar-refractivity contribution in [2.75, 3.05) is 17.9 Å². The molecule has 0 aliphatic heterocycles. The van der Waals surface area contributed by atoms with Crippen molar-refractivity contribution < 1.29 is 22.7 Å². The number of para-hydroxylation sites is 1. The van der Waals surface area contributed by atoms with Crippen LogP contribution in [0.4, 0.5) is 5.69 Å². The molecule has 42 heavy (non-hydrogen) atoms. The van der Waals surface area contributed by atoms with Crippen LogP contribution >= 0.6 is 23.2 Å². The van der Waals surface area contributed by atoms with E-state index >= 15 is 0 Å². The number of carbonyl (C=O) groups is 2. The molecule has 2 amide bonds. The summed E-state index contributed by atoms with van der Waals surface area (Å²) < 4.78 is 34.6. The number of sulfonamides is 1. The lowest BCUT2D eigenvalue weighted by atomic mass is 10.1. The molecule has 0 aliphatic rings. The number of anilines is 1. The maximum atomic E-state index is 13.9. The number of hydrogen-bond acceptors (Lipinski definition) is 5. The predicted octanol–water partition coefficient (Wildman–Crippen LogP) is 6.14. The molecule has 0 saturated heterocycles. The van der Waals surface area contributed by atoms with Gasteiger partial charge >= 0.3 is 0 Å². The molecule has 218 valence electrons. The molecule has 0 bridgehead atoms. The van der Waals surface area contributed by atoms with Gasteiger partial charge in [-0.05, 0) is 67.6 Å². The Balaban J connectivity index is 1.71. The maximum absolute atomic E-state index is 13.9. The van der Waals surface area contributed by atoms with Gasteiger partial charge in [-0.25, -0.2) is 8.42 Å². The molecule has 4 rings (SSSR count). The fraction of sp³-hybridized carbons (Fsp3) is 0.161. The Morgan fingerprint density at radius 3 is 1.93 bits per heavy atom. The van der Waals surface area contributed by atoms with E-state index in [4.69, 9.17) is 27.9 Å². The first kappa shape index (κ1) is 30.9. The van der Waals surface area contributed by atoms with Crippen LogP contribution in [0.25, 0.3) is 0 Å². The average molecular weight is 627 g/mol. The summed E-state index contributed by atoms with van der Waals surface area (Å²) in [6, 6.07) is 27.3. The van der Waals surface area contributed by atoms with Gasteiger partial charge in [0, 0.05) is 29.2 Å². The number of hydrogen-bond donors (Lipinski definition) is 1. The van der Waals surface area contributed by atoms with E-state index in [2.05, 4.69) is 5.32 Å². The molecule has 1 atom stereocenters. The van der Waals surface area contributed by atoms with Gasteiger partial charge in [0.05, 0.1) is 10.6 Å². The lowest BCUT2D eigenvalue weighted by Crippen LogP contribution is -2.50. The third-order valence-corrected chi connectivity index (χ3v) is 9.01. The zero-order valence-corrected chi connectivity index (χ0v) is 25.2. The number of nitrogens with zero attached hydrogens (tertiary/aromatic N) is 2. The van der Waals surface area contributed by atoms with Crippen molar-refractivity contribution in [1.29, 1.82) is 0 Å². The lowest BCUT2D eigenvalue weighted by Gasteiger charge is -2.32. The van der Waals surface area contributed by atoms with Crippen molar-refractivity contribution in [3.05, 3.63) is 119 Å². The van der Waals surface area contributed by atoms with E-state index in [0.717, 1.165) is 4.31 Å². The van der Waals surface area contributed by atoms with Gasteiger partial charge in [-0.1, -0.05) is 65.7 Å². The third-order valence-electron chi connectivity index (χ3n) is 6.52. The molecule has 0 saturated carbocycles. The van der Waals surface area contributed by atoms with Gasteiger partial charge in [0.25, 0.3) is 10.0 Å². The van der Waals surface area contributed by atoms with Crippen LogP contribution in [-0.2, 0) is 26.2 Å². The molecule has 4 aromatic rings. The van der Waals surface area contributed by atoms with Crippen LogP contribution in [0.5, 0.6) is 11.5 Å². The van der Waals surface area contributed by atoms with Crippen molar-refractivity contribution in [2.24, 2.45) is 0 Å². The van der Waals surface area contributed by atoms with Crippen LogP contribution in [0.15, 0.2) is 108 Å². The number of likely N-dealkylation sites (N-methyl/N-ethyl adjacent to an activating group) is 1. The molecular formula is C31H29Cl2N3O5S. The smallest absolute Gasteiger partial charge is 0.264 e. The van der Waals surface area contributed by atoms with E-state index in [9.17, 15) is 18.0 Å². The monoisotopic (exact) mass is 625 g/mol. The summed E-state index contributed by atoms with van der Waals surface area (Å²) in [4.78, 5) is 27.9. The summed E-state index contributed by atoms with van der Waals surface area (Å²) in [5.41, 5.74) is 0.667. The first-order valence-electron chi connectivity index (χ1n) is 13.0. The Morgan fingerprint density at radius 2 is 1.36 bits per heavy atom. The lowest BCUT2D eigenvalue weighted by molar-refractivity contribution is -0.139. The second kappa shape index (κ2) is 13.7. The van der Waals surface area contributed by atoms with E-state index in [1.807, 2.05) is 18.2 Å². The van der Waals surface area contributed by atoms with E-state index in [-0.39, 0.29) is 17.1 Å². The largest absolute Gasteiger partial charge is 0.457 e. The Hall–Kier alpha value is -4.05. The van der Waals surface area contributed by atoms with Gasteiger partial charge in [0.1, 0.15) is 24.1 Å². The summed E-state index contributed by atoms with van der Waals surface area (Å²) in [6.07, 6.45) is 0. The number of nitrogens with one attached hydrogen (secondary N) is 1. The van der Waals surface area contributed by atoms with Crippen LogP contribution < -0.4 is 14.4 Å². The zero-order chi connectivity index (χ0) is 30.3. The second-order valence-electron chi connectivity index (χ2n) is 9.25. The van der Waals surface area contributed by atoms with Crippen molar-refractivity contribution >= 4 is 50.7 Å². The standard InChI is InChI=1S/C31H29Cl2N3O5S/c1-22(31(38)34-2)35(20-27-28(32)14-9-15-29(27)33)30(37)21-36(42(39,40)26-12-7-4-8-13-26)23-16-18-25(19-17-23)41-24-10-5-3-6-11-24/h3-19,22H,20-21H2,1-2H3,(H,34,38). The molecule has 0 radical (unpaired) electrons. The second-order valence-corrected chi connectivity index (χ2v) is 11.9. The van der Waals surface area contributed by atoms with E-state index in [1.54, 1.807) is 79.7 Å². The quantitative estimate of drug-likeness (QED) is 0.216. The Morgan fingerprint density at radius 1 is 0.810 bits per heavy atom. The van der Waals surface area contributed by atoms with Crippen molar-refractivity contribution in [3.63, 3.8) is 0 Å². The molecular weight excluding hydrogens is 597 g/mol. The minimum Gasteiger partial charge on any atom is -0.457 e. The SMILES string of the molecule is CNC(=O)C(C)N(Cc1c(Cl)cccc1Cl)C(=O)CN(c1ccc(Oc2ccccc2)cc1)S(=O)(=O)c1ccccc1. The molecule has 0 heterocycles. The Labute approximate surface area is 255 Å². The molecule has 0 aliphatic carbocycles. The van der Waals surface area contributed by atoms with Gasteiger partial charge in [0.2, 0.25) is 11.8 Å². The third kappa shape index (κ3) is 7.23. The molecule has 0 fully saturated rings. The first-order valence-corrected chi connectivity index (χ1v) is 15.2. The highest BCUT2D eigenvalue weighted by atomic mass is 35.5. The van der Waals surface area contributed by atoms with Crippen LogP contribution in [0.2, 0.25) is 10.0 Å². The number of benzene rings is 4. The molecule has 1 unspecified atom stereocenters. The van der Waals surface area contributed by atoms with Gasteiger partial charge in [-0.3, -0.25) is 13.9 Å². The van der Waals surface area contributed by atoms with Gasteiger partial charge in [0.15, 0.2) is 0 Å². The minimum absolute atomic E-state index is 0.00228. The highest BCUT2D eigenvalue weighted by molar-refractivity contribution is 7.92. The van der Waals surface area contributed by atoms with Gasteiger partial charge in [-0.15, -0.1) is 0 Å². The van der Waals surface area contributed by atoms with Gasteiger partial charge in [-0.2, -0.15) is 0 Å². The van der Waals surface area contributed by atoms with Crippen LogP contribution in [0, 0.1) is 0 Å². The van der Waals surface area contributed by atoms with Crippen molar-refractivity contribution in [3.8, 4) is 11.5 Å². The van der Waals surface area contributed by atoms with Crippen molar-refractivity contribution in [2.45, 2.75) is 24.4 Å². The summed E-state index contributed by atoms with van der Waals surface area (Å²) in [5.74, 6) is 0.0282. The molecule has 0 spiro atoms. The van der Waals surface area contributed by atoms with E-state index in [1.165, 1.54) is 24.1 Å². The highest BCUT2D eigenvalue weighted by Gasteiger charge is 2.33. The minimum atomic E-state index is -4.20. The first-order chi connectivity index (χ1) is 20.1. The maximum Gasteiger partial charge on any atom is 0.264 e. The number of amides is 2. The summed E-state index contributed by atoms with van der Waals surface area (Å²) in [6.45, 7) is 0.835. The molecule has 4 aromatic carbocycles. The number of ether oxygens (including phenoxy) is 1. The number of rotatable bonds is 11. The Kier molecular flexibility index (Phi) is 10.1. The van der Waals surface area contributed by atoms with Crippen LogP contribution in [0.1, 0.15) is 12.5 Å². The highest BCUT2D eigenvalue weighted by Crippen LogP contribution is 2.30. The molecule has 8 nitrogen and oxygen atoms in total. The number of halogens is 2. The molecule has 11 heteroatoms. The number of carbonyl (C=O) groups excluding carboxylic acids is 2. The fourth-order valence-corrected chi connectivity index (χ4v) is 6.15. The van der Waals surface area contributed by atoms with E-state index < -0.39 is 34.4 Å². The summed E-state index contributed by atoms with van der Waals surface area (Å²) >= 11 is 12.8. The molecule has 1 N–H and O–H groups in total. The Bertz CT molecular complexity index is 1620. The normalized spacial score (nSPS) is 11.8.